The largest absolute Gasteiger partial charge is 0.493 e. The highest BCUT2D eigenvalue weighted by molar-refractivity contribution is 5.86. The molecule has 5 heteroatoms. The lowest BCUT2D eigenvalue weighted by atomic mass is 9.93. The van der Waals surface area contributed by atoms with Crippen molar-refractivity contribution in [1.82, 2.24) is 0 Å². The molecule has 38 heavy (non-hydrogen) atoms. The average Bonchev–Trinajstić information content (AvgIpc) is 2.94. The molecular weight excluding hydrogens is 474 g/mol. The molecule has 0 spiro atoms. The Labute approximate surface area is 231 Å². The van der Waals surface area contributed by atoms with Crippen LogP contribution in [0.25, 0.3) is 5.57 Å². The molecule has 1 aliphatic rings. The second-order valence-electron chi connectivity index (χ2n) is 10.3. The van der Waals surface area contributed by atoms with Crippen molar-refractivity contribution in [3.63, 3.8) is 0 Å². The van der Waals surface area contributed by atoms with Crippen molar-refractivity contribution in [2.45, 2.75) is 78.4 Å². The van der Waals surface area contributed by atoms with E-state index in [1.54, 1.807) is 0 Å². The van der Waals surface area contributed by atoms with Gasteiger partial charge in [-0.1, -0.05) is 38.1 Å². The molecule has 3 rings (SSSR count). The lowest BCUT2D eigenvalue weighted by molar-refractivity contribution is 0.0174. The first-order valence-corrected chi connectivity index (χ1v) is 14.6. The highest BCUT2D eigenvalue weighted by Gasteiger charge is 2.22. The minimum Gasteiger partial charge on any atom is -0.493 e. The van der Waals surface area contributed by atoms with Crippen LogP contribution in [0.2, 0.25) is 0 Å². The predicted molar refractivity (Wildman–Crippen MR) is 158 cm³/mol. The summed E-state index contributed by atoms with van der Waals surface area (Å²) in [5, 5.41) is 0. The molecule has 0 radical (unpaired) electrons. The number of hydrogen-bond donors (Lipinski definition) is 0. The fraction of sp³-hybridized carbons (Fsp3) is 0.576. The molecule has 1 atom stereocenters. The van der Waals surface area contributed by atoms with E-state index in [4.69, 9.17) is 18.9 Å². The number of rotatable bonds is 17. The zero-order valence-electron chi connectivity index (χ0n) is 24.2. The minimum atomic E-state index is 0.0984. The van der Waals surface area contributed by atoms with Gasteiger partial charge in [0.05, 0.1) is 6.61 Å². The van der Waals surface area contributed by atoms with E-state index in [0.29, 0.717) is 6.61 Å². The molecule has 1 saturated heterocycles. The Hall–Kier alpha value is -2.34. The molecule has 0 saturated carbocycles. The Balaban J connectivity index is 1.82. The van der Waals surface area contributed by atoms with Crippen LogP contribution in [-0.2, 0) is 20.6 Å². The molecule has 0 aromatic heterocycles. The standard InChI is InChI=1S/C33H49NO4/c1-6-16-35-18-10-12-28-23-29(25-30(24-28)37-21-11-19-36-17-7-2)27(4)31-22-26(3)14-15-32(31)34(5)33-13-8-9-20-38-33/h14-15,22-25,33H,4,6-13,16-21H2,1-3,5H3. The van der Waals surface area contributed by atoms with Gasteiger partial charge in [-0.3, -0.25) is 0 Å². The highest BCUT2D eigenvalue weighted by atomic mass is 16.5. The first-order chi connectivity index (χ1) is 18.5. The summed E-state index contributed by atoms with van der Waals surface area (Å²) in [7, 11) is 2.14. The van der Waals surface area contributed by atoms with Gasteiger partial charge < -0.3 is 23.8 Å². The van der Waals surface area contributed by atoms with Crippen LogP contribution in [0, 0.1) is 6.92 Å². The van der Waals surface area contributed by atoms with Crippen LogP contribution in [0.1, 0.15) is 81.0 Å². The van der Waals surface area contributed by atoms with E-state index in [1.165, 1.54) is 17.5 Å². The zero-order chi connectivity index (χ0) is 27.2. The first kappa shape index (κ1) is 30.2. The number of aryl methyl sites for hydroxylation is 2. The van der Waals surface area contributed by atoms with Crippen molar-refractivity contribution in [1.29, 1.82) is 0 Å². The van der Waals surface area contributed by atoms with E-state index in [0.717, 1.165) is 106 Å². The van der Waals surface area contributed by atoms with Gasteiger partial charge in [0, 0.05) is 57.8 Å². The van der Waals surface area contributed by atoms with E-state index >= 15 is 0 Å². The third-order valence-electron chi connectivity index (χ3n) is 6.91. The van der Waals surface area contributed by atoms with Crippen molar-refractivity contribution < 1.29 is 18.9 Å². The van der Waals surface area contributed by atoms with Gasteiger partial charge in [0.15, 0.2) is 0 Å². The maximum Gasteiger partial charge on any atom is 0.129 e. The summed E-state index contributed by atoms with van der Waals surface area (Å²) < 4.78 is 23.7. The Morgan fingerprint density at radius 2 is 1.71 bits per heavy atom. The van der Waals surface area contributed by atoms with Gasteiger partial charge in [-0.25, -0.2) is 0 Å². The first-order valence-electron chi connectivity index (χ1n) is 14.6. The highest BCUT2D eigenvalue weighted by Crippen LogP contribution is 2.35. The number of anilines is 1. The summed E-state index contributed by atoms with van der Waals surface area (Å²) in [5.41, 5.74) is 6.87. The lowest BCUT2D eigenvalue weighted by Crippen LogP contribution is -2.37. The summed E-state index contributed by atoms with van der Waals surface area (Å²) in [6.07, 6.45) is 8.38. The number of ether oxygens (including phenoxy) is 4. The lowest BCUT2D eigenvalue weighted by Gasteiger charge is -2.34. The molecule has 0 amide bonds. The second-order valence-corrected chi connectivity index (χ2v) is 10.3. The van der Waals surface area contributed by atoms with Crippen LogP contribution < -0.4 is 9.64 Å². The Bertz CT molecular complexity index is 983. The van der Waals surface area contributed by atoms with Crippen molar-refractivity contribution in [2.24, 2.45) is 0 Å². The summed E-state index contributed by atoms with van der Waals surface area (Å²) in [6, 6.07) is 13.2. The van der Waals surface area contributed by atoms with Crippen molar-refractivity contribution >= 4 is 11.3 Å². The molecule has 210 valence electrons. The van der Waals surface area contributed by atoms with Gasteiger partial charge in [0.1, 0.15) is 12.0 Å². The van der Waals surface area contributed by atoms with Crippen molar-refractivity contribution in [2.75, 3.05) is 51.6 Å². The van der Waals surface area contributed by atoms with Crippen molar-refractivity contribution in [3.8, 4) is 5.75 Å². The molecule has 0 aliphatic carbocycles. The predicted octanol–water partition coefficient (Wildman–Crippen LogP) is 7.57. The quantitative estimate of drug-likeness (QED) is 0.200. The van der Waals surface area contributed by atoms with Gasteiger partial charge in [-0.05, 0) is 92.8 Å². The van der Waals surface area contributed by atoms with Crippen LogP contribution >= 0.6 is 0 Å². The summed E-state index contributed by atoms with van der Waals surface area (Å²) in [5.74, 6) is 0.891. The van der Waals surface area contributed by atoms with E-state index in [1.807, 2.05) is 0 Å². The maximum absolute atomic E-state index is 6.21. The van der Waals surface area contributed by atoms with Crippen LogP contribution in [0.3, 0.4) is 0 Å². The Kier molecular flexibility index (Phi) is 13.2. The molecule has 1 unspecified atom stereocenters. The van der Waals surface area contributed by atoms with Gasteiger partial charge in [0.2, 0.25) is 0 Å². The maximum atomic E-state index is 6.21. The van der Waals surface area contributed by atoms with E-state index in [9.17, 15) is 0 Å². The molecule has 2 aromatic carbocycles. The smallest absolute Gasteiger partial charge is 0.129 e. The average molecular weight is 524 g/mol. The molecule has 0 bridgehead atoms. The van der Waals surface area contributed by atoms with E-state index < -0.39 is 0 Å². The molecule has 1 aliphatic heterocycles. The summed E-state index contributed by atoms with van der Waals surface area (Å²) in [6.45, 7) is 15.6. The van der Waals surface area contributed by atoms with Gasteiger partial charge >= 0.3 is 0 Å². The minimum absolute atomic E-state index is 0.0984. The number of benzene rings is 2. The van der Waals surface area contributed by atoms with Crippen LogP contribution in [0.15, 0.2) is 43.0 Å². The summed E-state index contributed by atoms with van der Waals surface area (Å²) in [4.78, 5) is 2.28. The van der Waals surface area contributed by atoms with E-state index in [2.05, 4.69) is 75.7 Å². The molecular formula is C33H49NO4. The van der Waals surface area contributed by atoms with E-state index in [-0.39, 0.29) is 6.23 Å². The molecule has 2 aromatic rings. The molecule has 1 heterocycles. The van der Waals surface area contributed by atoms with Crippen LogP contribution in [0.4, 0.5) is 5.69 Å². The molecule has 1 fully saturated rings. The van der Waals surface area contributed by atoms with Crippen LogP contribution in [-0.4, -0.2) is 52.9 Å². The van der Waals surface area contributed by atoms with Gasteiger partial charge in [-0.2, -0.15) is 0 Å². The molecule has 5 nitrogen and oxygen atoms in total. The van der Waals surface area contributed by atoms with Gasteiger partial charge in [0.25, 0.3) is 0 Å². The normalized spacial score (nSPS) is 15.4. The fourth-order valence-corrected chi connectivity index (χ4v) is 4.82. The third-order valence-corrected chi connectivity index (χ3v) is 6.91. The third kappa shape index (κ3) is 9.44. The van der Waals surface area contributed by atoms with Gasteiger partial charge in [-0.15, -0.1) is 0 Å². The number of nitrogens with zero attached hydrogens (tertiary/aromatic N) is 1. The topological polar surface area (TPSA) is 40.2 Å². The number of hydrogen-bond acceptors (Lipinski definition) is 5. The van der Waals surface area contributed by atoms with Crippen LogP contribution in [0.5, 0.6) is 5.75 Å². The second kappa shape index (κ2) is 16.6. The summed E-state index contributed by atoms with van der Waals surface area (Å²) >= 11 is 0. The Morgan fingerprint density at radius 1 is 0.947 bits per heavy atom. The van der Waals surface area contributed by atoms with Crippen molar-refractivity contribution in [3.05, 3.63) is 65.2 Å². The SMILES string of the molecule is C=C(c1cc(CCCOCCC)cc(OCCCOCCC)c1)c1cc(C)ccc1N(C)C1CCCCO1. The molecule has 0 N–H and O–H groups in total. The zero-order valence-corrected chi connectivity index (χ0v) is 24.2. The Morgan fingerprint density at radius 3 is 2.42 bits per heavy atom. The fourth-order valence-electron chi connectivity index (χ4n) is 4.82. The monoisotopic (exact) mass is 523 g/mol.